The maximum Gasteiger partial charge on any atom is 0.226 e. The molecule has 4 rings (SSSR count). The molecule has 2 aromatic rings. The zero-order valence-electron chi connectivity index (χ0n) is 17.0. The van der Waals surface area contributed by atoms with E-state index in [0.717, 1.165) is 17.8 Å². The van der Waals surface area contributed by atoms with Crippen LogP contribution in [0, 0.1) is 0 Å². The Hall–Kier alpha value is -2.62. The van der Waals surface area contributed by atoms with Crippen LogP contribution in [0.15, 0.2) is 18.5 Å². The maximum absolute atomic E-state index is 12.5. The highest BCUT2D eigenvalue weighted by Crippen LogP contribution is 2.35. The third kappa shape index (κ3) is 5.29. The maximum atomic E-state index is 12.5. The summed E-state index contributed by atoms with van der Waals surface area (Å²) in [4.78, 5) is 37.1. The third-order valence-electron chi connectivity index (χ3n) is 5.67. The van der Waals surface area contributed by atoms with Gasteiger partial charge in [0.05, 0.1) is 0 Å². The van der Waals surface area contributed by atoms with Crippen molar-refractivity contribution < 1.29 is 9.59 Å². The van der Waals surface area contributed by atoms with Gasteiger partial charge in [0, 0.05) is 57.3 Å². The second-order valence-electron chi connectivity index (χ2n) is 7.75. The van der Waals surface area contributed by atoms with Crippen LogP contribution in [0.4, 0.5) is 11.1 Å². The number of nitrogens with one attached hydrogen (secondary N) is 1. The quantitative estimate of drug-likeness (QED) is 0.752. The Balaban J connectivity index is 1.19. The number of hydrogen-bond donors (Lipinski definition) is 1. The van der Waals surface area contributed by atoms with Crippen molar-refractivity contribution in [2.75, 3.05) is 36.4 Å². The van der Waals surface area contributed by atoms with Gasteiger partial charge in [-0.25, -0.2) is 9.97 Å². The van der Waals surface area contributed by atoms with Crippen molar-refractivity contribution in [3.63, 3.8) is 0 Å². The van der Waals surface area contributed by atoms with Crippen molar-refractivity contribution in [3.8, 4) is 0 Å². The Labute approximate surface area is 179 Å². The van der Waals surface area contributed by atoms with Crippen LogP contribution >= 0.6 is 11.3 Å². The van der Waals surface area contributed by atoms with Crippen LogP contribution in [0.1, 0.15) is 55.9 Å². The predicted octanol–water partition coefficient (Wildman–Crippen LogP) is 2.44. The van der Waals surface area contributed by atoms with E-state index in [2.05, 4.69) is 30.4 Å². The SMILES string of the molecule is O=C(CCC(=O)N1CCN(c2ncccn2)CC1)Nc1nnc(C2CCCCC2)s1. The summed E-state index contributed by atoms with van der Waals surface area (Å²) < 4.78 is 0. The third-order valence-corrected chi connectivity index (χ3v) is 6.68. The molecule has 2 aliphatic rings. The molecule has 160 valence electrons. The number of anilines is 2. The molecule has 1 saturated carbocycles. The molecule has 0 bridgehead atoms. The monoisotopic (exact) mass is 429 g/mol. The summed E-state index contributed by atoms with van der Waals surface area (Å²) in [5.41, 5.74) is 0. The second kappa shape index (κ2) is 9.92. The molecule has 2 amide bonds. The van der Waals surface area contributed by atoms with Crippen LogP contribution in [0.2, 0.25) is 0 Å². The van der Waals surface area contributed by atoms with Crippen LogP contribution in [0.3, 0.4) is 0 Å². The van der Waals surface area contributed by atoms with Gasteiger partial charge in [-0.15, -0.1) is 10.2 Å². The number of amides is 2. The number of carbonyl (C=O) groups excluding carboxylic acids is 2. The van der Waals surface area contributed by atoms with E-state index in [1.807, 2.05) is 0 Å². The fourth-order valence-electron chi connectivity index (χ4n) is 3.97. The van der Waals surface area contributed by atoms with Gasteiger partial charge in [-0.1, -0.05) is 30.6 Å². The van der Waals surface area contributed by atoms with E-state index < -0.39 is 0 Å². The van der Waals surface area contributed by atoms with E-state index in [4.69, 9.17) is 0 Å². The molecule has 3 heterocycles. The standard InChI is InChI=1S/C20H27N7O2S/c28-16(23-20-25-24-18(30-20)15-5-2-1-3-6-15)7-8-17(29)26-11-13-27(14-12-26)19-21-9-4-10-22-19/h4,9-10,15H,1-3,5-8,11-14H2,(H,23,25,28). The number of carbonyl (C=O) groups is 2. The van der Waals surface area contributed by atoms with Crippen LogP contribution in [0.5, 0.6) is 0 Å². The zero-order chi connectivity index (χ0) is 20.8. The Morgan fingerprint density at radius 1 is 1.00 bits per heavy atom. The molecule has 10 heteroatoms. The largest absolute Gasteiger partial charge is 0.339 e. The number of rotatable bonds is 6. The van der Waals surface area contributed by atoms with Gasteiger partial charge < -0.3 is 15.1 Å². The predicted molar refractivity (Wildman–Crippen MR) is 114 cm³/mol. The first-order valence-corrected chi connectivity index (χ1v) is 11.4. The lowest BCUT2D eigenvalue weighted by Gasteiger charge is -2.34. The molecule has 1 aliphatic carbocycles. The Morgan fingerprint density at radius 3 is 2.47 bits per heavy atom. The summed E-state index contributed by atoms with van der Waals surface area (Å²) in [6.07, 6.45) is 9.86. The summed E-state index contributed by atoms with van der Waals surface area (Å²) in [6.45, 7) is 2.60. The molecule has 0 atom stereocenters. The molecule has 1 saturated heterocycles. The smallest absolute Gasteiger partial charge is 0.226 e. The Bertz CT molecular complexity index is 846. The van der Waals surface area contributed by atoms with Gasteiger partial charge in [0.15, 0.2) is 0 Å². The van der Waals surface area contributed by atoms with Crippen LogP contribution < -0.4 is 10.2 Å². The molecule has 0 spiro atoms. The van der Waals surface area contributed by atoms with Gasteiger partial charge in [-0.3, -0.25) is 9.59 Å². The van der Waals surface area contributed by atoms with Gasteiger partial charge in [0.1, 0.15) is 5.01 Å². The second-order valence-corrected chi connectivity index (χ2v) is 8.75. The Morgan fingerprint density at radius 2 is 1.73 bits per heavy atom. The first-order valence-electron chi connectivity index (χ1n) is 10.6. The van der Waals surface area contributed by atoms with E-state index in [1.165, 1.54) is 30.6 Å². The van der Waals surface area contributed by atoms with Crippen molar-refractivity contribution in [1.82, 2.24) is 25.1 Å². The molecule has 30 heavy (non-hydrogen) atoms. The fourth-order valence-corrected chi connectivity index (χ4v) is 4.90. The zero-order valence-corrected chi connectivity index (χ0v) is 17.8. The molecular weight excluding hydrogens is 402 g/mol. The van der Waals surface area contributed by atoms with Crippen LogP contribution in [0.25, 0.3) is 0 Å². The van der Waals surface area contributed by atoms with E-state index in [-0.39, 0.29) is 24.7 Å². The normalized spacial score (nSPS) is 17.7. The first-order chi connectivity index (χ1) is 14.7. The van der Waals surface area contributed by atoms with E-state index in [0.29, 0.717) is 43.2 Å². The average Bonchev–Trinajstić information content (AvgIpc) is 3.27. The summed E-state index contributed by atoms with van der Waals surface area (Å²) in [7, 11) is 0. The summed E-state index contributed by atoms with van der Waals surface area (Å²) in [5.74, 6) is 0.974. The van der Waals surface area contributed by atoms with Crippen molar-refractivity contribution in [2.45, 2.75) is 50.9 Å². The van der Waals surface area contributed by atoms with Crippen molar-refractivity contribution in [1.29, 1.82) is 0 Å². The van der Waals surface area contributed by atoms with E-state index in [9.17, 15) is 9.59 Å². The number of aromatic nitrogens is 4. The van der Waals surface area contributed by atoms with Gasteiger partial charge in [-0.2, -0.15) is 0 Å². The lowest BCUT2D eigenvalue weighted by atomic mass is 9.90. The first kappa shape index (κ1) is 20.6. The lowest BCUT2D eigenvalue weighted by molar-refractivity contribution is -0.133. The minimum Gasteiger partial charge on any atom is -0.339 e. The molecule has 2 fully saturated rings. The Kier molecular flexibility index (Phi) is 6.83. The van der Waals surface area contributed by atoms with Crippen LogP contribution in [-0.4, -0.2) is 63.1 Å². The molecule has 0 aromatic carbocycles. The highest BCUT2D eigenvalue weighted by atomic mass is 32.1. The van der Waals surface area contributed by atoms with Gasteiger partial charge in [0.25, 0.3) is 0 Å². The topological polar surface area (TPSA) is 104 Å². The van der Waals surface area contributed by atoms with Gasteiger partial charge in [0.2, 0.25) is 22.9 Å². The minimum absolute atomic E-state index is 0.000983. The van der Waals surface area contributed by atoms with E-state index >= 15 is 0 Å². The van der Waals surface area contributed by atoms with Gasteiger partial charge in [-0.05, 0) is 18.9 Å². The summed E-state index contributed by atoms with van der Waals surface area (Å²) in [5, 5.41) is 12.7. The van der Waals surface area contributed by atoms with Crippen molar-refractivity contribution >= 4 is 34.2 Å². The lowest BCUT2D eigenvalue weighted by Crippen LogP contribution is -2.49. The molecule has 1 aliphatic heterocycles. The highest BCUT2D eigenvalue weighted by Gasteiger charge is 2.23. The molecule has 1 N–H and O–H groups in total. The summed E-state index contributed by atoms with van der Waals surface area (Å²) >= 11 is 1.46. The van der Waals surface area contributed by atoms with Crippen molar-refractivity contribution in [3.05, 3.63) is 23.5 Å². The molecular formula is C20H27N7O2S. The number of piperazine rings is 1. The number of hydrogen-bond acceptors (Lipinski definition) is 8. The summed E-state index contributed by atoms with van der Waals surface area (Å²) in [6, 6.07) is 1.78. The molecule has 0 radical (unpaired) electrons. The van der Waals surface area contributed by atoms with Crippen molar-refractivity contribution in [2.24, 2.45) is 0 Å². The minimum atomic E-state index is -0.189. The van der Waals surface area contributed by atoms with E-state index in [1.54, 1.807) is 23.4 Å². The average molecular weight is 430 g/mol. The van der Waals surface area contributed by atoms with Crippen LogP contribution in [-0.2, 0) is 9.59 Å². The fraction of sp³-hybridized carbons (Fsp3) is 0.600. The molecule has 9 nitrogen and oxygen atoms in total. The van der Waals surface area contributed by atoms with Gasteiger partial charge >= 0.3 is 0 Å². The molecule has 0 unspecified atom stereocenters. The number of nitrogens with zero attached hydrogens (tertiary/aromatic N) is 6. The highest BCUT2D eigenvalue weighted by molar-refractivity contribution is 7.15. The molecule has 2 aromatic heterocycles.